The highest BCUT2D eigenvalue weighted by Gasteiger charge is 2.02. The molecule has 1 aromatic rings. The van der Waals surface area contributed by atoms with Crippen molar-refractivity contribution in [2.75, 3.05) is 6.61 Å². The number of ether oxygens (including phenoxy) is 1. The minimum Gasteiger partial charge on any atom is -0.491 e. The summed E-state index contributed by atoms with van der Waals surface area (Å²) in [6.45, 7) is 2.29. The first-order valence-electron chi connectivity index (χ1n) is 4.11. The lowest BCUT2D eigenvalue weighted by atomic mass is 10.2. The van der Waals surface area contributed by atoms with Crippen LogP contribution < -0.4 is 10.5 Å². The molecular formula is C10H12N2O. The van der Waals surface area contributed by atoms with Crippen molar-refractivity contribution >= 4 is 0 Å². The van der Waals surface area contributed by atoms with Crippen LogP contribution in [0, 0.1) is 11.3 Å². The quantitative estimate of drug-likeness (QED) is 0.754. The molecule has 0 amide bonds. The van der Waals surface area contributed by atoms with Crippen LogP contribution in [0.25, 0.3) is 0 Å². The Hall–Kier alpha value is -1.53. The highest BCUT2D eigenvalue weighted by Crippen LogP contribution is 2.16. The van der Waals surface area contributed by atoms with Crippen molar-refractivity contribution < 1.29 is 4.74 Å². The molecule has 0 saturated heterocycles. The summed E-state index contributed by atoms with van der Waals surface area (Å²) < 4.78 is 5.34. The third kappa shape index (κ3) is 2.77. The predicted molar refractivity (Wildman–Crippen MR) is 50.3 cm³/mol. The zero-order valence-corrected chi connectivity index (χ0v) is 7.53. The molecule has 3 nitrogen and oxygen atoms in total. The summed E-state index contributed by atoms with van der Waals surface area (Å²) in [5, 5.41) is 8.72. The average Bonchev–Trinajstić information content (AvgIpc) is 2.15. The van der Waals surface area contributed by atoms with Crippen LogP contribution in [0.1, 0.15) is 12.5 Å². The van der Waals surface area contributed by atoms with E-state index in [1.807, 2.05) is 13.0 Å². The topological polar surface area (TPSA) is 59.0 Å². The Labute approximate surface area is 77.7 Å². The molecule has 13 heavy (non-hydrogen) atoms. The molecule has 0 radical (unpaired) electrons. The molecule has 0 aliphatic carbocycles. The molecule has 0 aromatic heterocycles. The maximum absolute atomic E-state index is 8.72. The van der Waals surface area contributed by atoms with Gasteiger partial charge in [0.2, 0.25) is 0 Å². The van der Waals surface area contributed by atoms with E-state index in [-0.39, 0.29) is 6.04 Å². The van der Waals surface area contributed by atoms with Crippen molar-refractivity contribution in [3.63, 3.8) is 0 Å². The summed E-state index contributed by atoms with van der Waals surface area (Å²) in [4.78, 5) is 0. The van der Waals surface area contributed by atoms with Crippen molar-refractivity contribution in [3.8, 4) is 11.8 Å². The number of rotatable bonds is 3. The fourth-order valence-corrected chi connectivity index (χ4v) is 0.906. The molecule has 68 valence electrons. The van der Waals surface area contributed by atoms with Crippen LogP contribution in [0.2, 0.25) is 0 Å². The smallest absolute Gasteiger partial charge is 0.137 e. The molecule has 1 atom stereocenters. The average molecular weight is 176 g/mol. The van der Waals surface area contributed by atoms with Crippen molar-refractivity contribution in [1.29, 1.82) is 5.26 Å². The van der Waals surface area contributed by atoms with Crippen LogP contribution in [0.3, 0.4) is 0 Å². The van der Waals surface area contributed by atoms with Crippen molar-refractivity contribution in [2.45, 2.75) is 13.0 Å². The number of hydrogen-bond donors (Lipinski definition) is 1. The SMILES string of the molecule is CC(N)COc1ccccc1C#N. The van der Waals surface area contributed by atoms with Crippen LogP contribution in [0.5, 0.6) is 5.75 Å². The second-order valence-electron chi connectivity index (χ2n) is 2.90. The molecule has 3 heteroatoms. The first-order chi connectivity index (χ1) is 6.24. The van der Waals surface area contributed by atoms with Gasteiger partial charge in [0.05, 0.1) is 5.56 Å². The van der Waals surface area contributed by atoms with Gasteiger partial charge < -0.3 is 10.5 Å². The van der Waals surface area contributed by atoms with Gasteiger partial charge >= 0.3 is 0 Å². The van der Waals surface area contributed by atoms with E-state index in [0.717, 1.165) is 0 Å². The van der Waals surface area contributed by atoms with Crippen LogP contribution >= 0.6 is 0 Å². The van der Waals surface area contributed by atoms with Gasteiger partial charge in [0, 0.05) is 6.04 Å². The summed E-state index contributed by atoms with van der Waals surface area (Å²) in [6.07, 6.45) is 0. The van der Waals surface area contributed by atoms with Gasteiger partial charge in [-0.3, -0.25) is 0 Å². The fourth-order valence-electron chi connectivity index (χ4n) is 0.906. The van der Waals surface area contributed by atoms with Crippen molar-refractivity contribution in [2.24, 2.45) is 5.73 Å². The highest BCUT2D eigenvalue weighted by molar-refractivity contribution is 5.42. The van der Waals surface area contributed by atoms with Crippen LogP contribution in [0.4, 0.5) is 0 Å². The number of nitriles is 1. The Balaban J connectivity index is 2.71. The van der Waals surface area contributed by atoms with Gasteiger partial charge in [-0.05, 0) is 19.1 Å². The van der Waals surface area contributed by atoms with Gasteiger partial charge in [-0.15, -0.1) is 0 Å². The second kappa shape index (κ2) is 4.48. The van der Waals surface area contributed by atoms with Crippen LogP contribution in [0.15, 0.2) is 24.3 Å². The van der Waals surface area contributed by atoms with Gasteiger partial charge in [-0.2, -0.15) is 5.26 Å². The molecule has 0 saturated carbocycles. The lowest BCUT2D eigenvalue weighted by molar-refractivity contribution is 0.295. The number of nitrogens with two attached hydrogens (primary N) is 1. The molecular weight excluding hydrogens is 164 g/mol. The van der Waals surface area contributed by atoms with E-state index in [4.69, 9.17) is 15.7 Å². The number of hydrogen-bond acceptors (Lipinski definition) is 3. The maximum atomic E-state index is 8.72. The van der Waals surface area contributed by atoms with E-state index in [0.29, 0.717) is 17.9 Å². The van der Waals surface area contributed by atoms with Gasteiger partial charge in [0.15, 0.2) is 0 Å². The Morgan fingerprint density at radius 3 is 2.85 bits per heavy atom. The monoisotopic (exact) mass is 176 g/mol. The molecule has 0 fully saturated rings. The number of benzene rings is 1. The van der Waals surface area contributed by atoms with E-state index in [9.17, 15) is 0 Å². The van der Waals surface area contributed by atoms with E-state index in [2.05, 4.69) is 6.07 Å². The van der Waals surface area contributed by atoms with Crippen LogP contribution in [-0.2, 0) is 0 Å². The Morgan fingerprint density at radius 2 is 2.23 bits per heavy atom. The third-order valence-corrected chi connectivity index (χ3v) is 1.51. The first-order valence-corrected chi connectivity index (χ1v) is 4.11. The van der Waals surface area contributed by atoms with Crippen LogP contribution in [-0.4, -0.2) is 12.6 Å². The maximum Gasteiger partial charge on any atom is 0.137 e. The minimum absolute atomic E-state index is 0.0215. The van der Waals surface area contributed by atoms with E-state index in [1.54, 1.807) is 18.2 Å². The van der Waals surface area contributed by atoms with Gasteiger partial charge in [0.1, 0.15) is 18.4 Å². The highest BCUT2D eigenvalue weighted by atomic mass is 16.5. The lowest BCUT2D eigenvalue weighted by Crippen LogP contribution is -2.23. The van der Waals surface area contributed by atoms with E-state index in [1.165, 1.54) is 0 Å². The molecule has 0 aliphatic heterocycles. The fraction of sp³-hybridized carbons (Fsp3) is 0.300. The lowest BCUT2D eigenvalue weighted by Gasteiger charge is -2.09. The molecule has 0 spiro atoms. The molecule has 0 bridgehead atoms. The van der Waals surface area contributed by atoms with Gasteiger partial charge in [0.25, 0.3) is 0 Å². The molecule has 1 rings (SSSR count). The number of para-hydroxylation sites is 1. The summed E-state index contributed by atoms with van der Waals surface area (Å²) in [5.41, 5.74) is 6.07. The number of nitrogens with zero attached hydrogens (tertiary/aromatic N) is 1. The Morgan fingerprint density at radius 1 is 1.54 bits per heavy atom. The molecule has 1 aromatic carbocycles. The van der Waals surface area contributed by atoms with E-state index < -0.39 is 0 Å². The second-order valence-corrected chi connectivity index (χ2v) is 2.90. The normalized spacial score (nSPS) is 11.8. The summed E-state index contributed by atoms with van der Waals surface area (Å²) >= 11 is 0. The Bertz CT molecular complexity index is 315. The van der Waals surface area contributed by atoms with Crippen molar-refractivity contribution in [1.82, 2.24) is 0 Å². The van der Waals surface area contributed by atoms with Gasteiger partial charge in [-0.25, -0.2) is 0 Å². The predicted octanol–water partition coefficient (Wildman–Crippen LogP) is 1.28. The third-order valence-electron chi connectivity index (χ3n) is 1.51. The van der Waals surface area contributed by atoms with Gasteiger partial charge in [-0.1, -0.05) is 12.1 Å². The van der Waals surface area contributed by atoms with Crippen molar-refractivity contribution in [3.05, 3.63) is 29.8 Å². The minimum atomic E-state index is -0.0215. The summed E-state index contributed by atoms with van der Waals surface area (Å²) in [5.74, 6) is 0.599. The zero-order chi connectivity index (χ0) is 9.68. The zero-order valence-electron chi connectivity index (χ0n) is 7.53. The molecule has 2 N–H and O–H groups in total. The first kappa shape index (κ1) is 9.56. The molecule has 1 unspecified atom stereocenters. The summed E-state index contributed by atoms with van der Waals surface area (Å²) in [7, 11) is 0. The summed E-state index contributed by atoms with van der Waals surface area (Å²) in [6, 6.07) is 9.15. The van der Waals surface area contributed by atoms with E-state index >= 15 is 0 Å². The molecule has 0 heterocycles. The standard InChI is InChI=1S/C10H12N2O/c1-8(12)7-13-10-5-3-2-4-9(10)6-11/h2-5,8H,7,12H2,1H3. The largest absolute Gasteiger partial charge is 0.491 e. The Kier molecular flexibility index (Phi) is 3.30. The molecule has 0 aliphatic rings.